The van der Waals surface area contributed by atoms with E-state index >= 15 is 0 Å². The molecule has 0 radical (unpaired) electrons. The first-order chi connectivity index (χ1) is 6.76. The Balaban J connectivity index is 3.20. The maximum atomic E-state index is 5.56. The van der Waals surface area contributed by atoms with Crippen LogP contribution in [-0.4, -0.2) is 9.97 Å². The van der Waals surface area contributed by atoms with Gasteiger partial charge < -0.3 is 11.5 Å². The highest BCUT2D eigenvalue weighted by atomic mass is 79.9. The molecule has 0 amide bonds. The molecule has 0 aliphatic heterocycles. The van der Waals surface area contributed by atoms with Crippen molar-refractivity contribution in [2.75, 3.05) is 0 Å². The molecule has 0 saturated carbocycles. The Morgan fingerprint density at radius 3 is 1.36 bits per heavy atom. The molecule has 6 heteroatoms. The number of halogens is 2. The van der Waals surface area contributed by atoms with Crippen molar-refractivity contribution in [3.8, 4) is 0 Å². The molecular formula is C8H12Br2N4. The van der Waals surface area contributed by atoms with Crippen molar-refractivity contribution in [1.82, 2.24) is 9.97 Å². The number of rotatable bonds is 4. The second kappa shape index (κ2) is 5.75. The molecule has 0 aliphatic rings. The Morgan fingerprint density at radius 2 is 1.14 bits per heavy atom. The quantitative estimate of drug-likeness (QED) is 0.816. The van der Waals surface area contributed by atoms with Gasteiger partial charge in [-0.2, -0.15) is 0 Å². The van der Waals surface area contributed by atoms with Crippen LogP contribution in [0.3, 0.4) is 0 Å². The molecule has 4 N–H and O–H groups in total. The zero-order chi connectivity index (χ0) is 10.6. The molecule has 1 heterocycles. The molecule has 1 aromatic rings. The molecule has 0 bridgehead atoms. The van der Waals surface area contributed by atoms with Gasteiger partial charge in [-0.1, -0.05) is 31.9 Å². The van der Waals surface area contributed by atoms with Crippen LogP contribution in [0.15, 0.2) is 0 Å². The van der Waals surface area contributed by atoms with Crippen LogP contribution in [0.5, 0.6) is 0 Å². The minimum Gasteiger partial charge on any atom is -0.325 e. The summed E-state index contributed by atoms with van der Waals surface area (Å²) in [6, 6.07) is 0. The van der Waals surface area contributed by atoms with Gasteiger partial charge in [0.05, 0.1) is 22.8 Å². The molecule has 14 heavy (non-hydrogen) atoms. The zero-order valence-corrected chi connectivity index (χ0v) is 10.8. The predicted molar refractivity (Wildman–Crippen MR) is 63.1 cm³/mol. The highest BCUT2D eigenvalue weighted by Gasteiger charge is 2.09. The highest BCUT2D eigenvalue weighted by molar-refractivity contribution is 9.09. The Morgan fingerprint density at radius 1 is 0.786 bits per heavy atom. The molecule has 1 aromatic heterocycles. The summed E-state index contributed by atoms with van der Waals surface area (Å²) in [5.41, 5.74) is 14.5. The van der Waals surface area contributed by atoms with Gasteiger partial charge in [0.2, 0.25) is 0 Å². The predicted octanol–water partition coefficient (Wildman–Crippen LogP) is 1.18. The third-order valence-corrected chi connectivity index (χ3v) is 2.91. The van der Waals surface area contributed by atoms with E-state index in [1.54, 1.807) is 0 Å². The number of alkyl halides is 2. The third kappa shape index (κ3) is 2.50. The van der Waals surface area contributed by atoms with Crippen LogP contribution < -0.4 is 11.5 Å². The number of hydrogen-bond acceptors (Lipinski definition) is 4. The summed E-state index contributed by atoms with van der Waals surface area (Å²) in [7, 11) is 0. The topological polar surface area (TPSA) is 77.8 Å². The molecule has 0 fully saturated rings. The third-order valence-electron chi connectivity index (χ3n) is 1.85. The maximum Gasteiger partial charge on any atom is 0.0771 e. The van der Waals surface area contributed by atoms with Crippen molar-refractivity contribution >= 4 is 31.9 Å². The fourth-order valence-corrected chi connectivity index (χ4v) is 2.02. The Labute approximate surface area is 99.7 Å². The zero-order valence-electron chi connectivity index (χ0n) is 7.63. The summed E-state index contributed by atoms with van der Waals surface area (Å²) in [4.78, 5) is 8.81. The van der Waals surface area contributed by atoms with Crippen molar-refractivity contribution < 1.29 is 0 Å². The van der Waals surface area contributed by atoms with Crippen LogP contribution in [0.25, 0.3) is 0 Å². The minimum absolute atomic E-state index is 0.377. The second-order valence-corrected chi connectivity index (χ2v) is 3.81. The molecule has 4 nitrogen and oxygen atoms in total. The minimum atomic E-state index is 0.377. The molecular weight excluding hydrogens is 312 g/mol. The van der Waals surface area contributed by atoms with Gasteiger partial charge in [0, 0.05) is 23.7 Å². The van der Waals surface area contributed by atoms with Gasteiger partial charge in [-0.15, -0.1) is 0 Å². The van der Waals surface area contributed by atoms with Gasteiger partial charge in [-0.25, -0.2) is 0 Å². The van der Waals surface area contributed by atoms with Gasteiger partial charge in [0.1, 0.15) is 0 Å². The van der Waals surface area contributed by atoms with E-state index in [0.29, 0.717) is 23.7 Å². The van der Waals surface area contributed by atoms with Crippen molar-refractivity contribution in [1.29, 1.82) is 0 Å². The molecule has 0 atom stereocenters. The SMILES string of the molecule is NCc1nc(CBr)c(CBr)nc1CN. The first-order valence-corrected chi connectivity index (χ1v) is 6.40. The van der Waals surface area contributed by atoms with E-state index in [0.717, 1.165) is 22.8 Å². The second-order valence-electron chi connectivity index (χ2n) is 2.69. The number of aromatic nitrogens is 2. The lowest BCUT2D eigenvalue weighted by molar-refractivity contribution is 0.833. The van der Waals surface area contributed by atoms with E-state index in [1.165, 1.54) is 0 Å². The fraction of sp³-hybridized carbons (Fsp3) is 0.500. The summed E-state index contributed by atoms with van der Waals surface area (Å²) in [6.07, 6.45) is 0. The van der Waals surface area contributed by atoms with Crippen molar-refractivity contribution in [3.63, 3.8) is 0 Å². The van der Waals surface area contributed by atoms with Gasteiger partial charge in [0.15, 0.2) is 0 Å². The maximum absolute atomic E-state index is 5.56. The molecule has 1 rings (SSSR count). The lowest BCUT2D eigenvalue weighted by Crippen LogP contribution is -2.14. The summed E-state index contributed by atoms with van der Waals surface area (Å²) in [6.45, 7) is 0.754. The smallest absolute Gasteiger partial charge is 0.0771 e. The van der Waals surface area contributed by atoms with Gasteiger partial charge >= 0.3 is 0 Å². The highest BCUT2D eigenvalue weighted by Crippen LogP contribution is 2.14. The van der Waals surface area contributed by atoms with Crippen LogP contribution in [-0.2, 0) is 23.7 Å². The number of hydrogen-bond donors (Lipinski definition) is 2. The molecule has 0 aromatic carbocycles. The summed E-state index contributed by atoms with van der Waals surface area (Å²) < 4.78 is 0. The largest absolute Gasteiger partial charge is 0.325 e. The van der Waals surface area contributed by atoms with Crippen LogP contribution >= 0.6 is 31.9 Å². The van der Waals surface area contributed by atoms with Gasteiger partial charge in [-0.3, -0.25) is 9.97 Å². The Kier molecular flexibility index (Phi) is 4.94. The van der Waals surface area contributed by atoms with Gasteiger partial charge in [0.25, 0.3) is 0 Å². The van der Waals surface area contributed by atoms with E-state index in [9.17, 15) is 0 Å². The van der Waals surface area contributed by atoms with E-state index in [2.05, 4.69) is 41.8 Å². The van der Waals surface area contributed by atoms with E-state index in [-0.39, 0.29) is 0 Å². The van der Waals surface area contributed by atoms with E-state index in [4.69, 9.17) is 11.5 Å². The number of nitrogens with zero attached hydrogens (tertiary/aromatic N) is 2. The monoisotopic (exact) mass is 322 g/mol. The van der Waals surface area contributed by atoms with E-state index < -0.39 is 0 Å². The molecule has 0 spiro atoms. The molecule has 0 saturated heterocycles. The molecule has 0 unspecified atom stereocenters. The standard InChI is InChI=1S/C8H12Br2N4/c9-1-5-6(2-10)14-8(4-12)7(3-11)13-5/h1-4,11-12H2. The lowest BCUT2D eigenvalue weighted by Gasteiger charge is -2.09. The summed E-state index contributed by atoms with van der Waals surface area (Å²) >= 11 is 6.73. The summed E-state index contributed by atoms with van der Waals surface area (Å²) in [5, 5.41) is 1.36. The van der Waals surface area contributed by atoms with Crippen LogP contribution in [0, 0.1) is 0 Å². The van der Waals surface area contributed by atoms with Crippen molar-refractivity contribution in [3.05, 3.63) is 22.8 Å². The van der Waals surface area contributed by atoms with Crippen LogP contribution in [0.2, 0.25) is 0 Å². The van der Waals surface area contributed by atoms with E-state index in [1.807, 2.05) is 0 Å². The first kappa shape index (κ1) is 12.0. The lowest BCUT2D eigenvalue weighted by atomic mass is 10.2. The van der Waals surface area contributed by atoms with Gasteiger partial charge in [-0.05, 0) is 0 Å². The first-order valence-electron chi connectivity index (χ1n) is 4.16. The average molecular weight is 324 g/mol. The average Bonchev–Trinajstić information content (AvgIpc) is 2.26. The normalized spacial score (nSPS) is 10.6. The fourth-order valence-electron chi connectivity index (χ4n) is 1.12. The molecule has 78 valence electrons. The molecule has 0 aliphatic carbocycles. The van der Waals surface area contributed by atoms with Crippen LogP contribution in [0.4, 0.5) is 0 Å². The Hall–Kier alpha value is -0.0400. The van der Waals surface area contributed by atoms with Crippen molar-refractivity contribution in [2.24, 2.45) is 11.5 Å². The number of nitrogens with two attached hydrogens (primary N) is 2. The Bertz CT molecular complexity index is 258. The van der Waals surface area contributed by atoms with Crippen molar-refractivity contribution in [2.45, 2.75) is 23.7 Å². The summed E-state index contributed by atoms with van der Waals surface area (Å²) in [5.74, 6) is 0. The van der Waals surface area contributed by atoms with Crippen LogP contribution in [0.1, 0.15) is 22.8 Å².